The van der Waals surface area contributed by atoms with Gasteiger partial charge in [-0.1, -0.05) is 0 Å². The average molecular weight is 164 g/mol. The number of aliphatic hydroxyl groups is 1. The highest BCUT2D eigenvalue weighted by atomic mass is 16.3. The molecule has 4 fully saturated rings. The minimum Gasteiger partial charge on any atom is -0.393 e. The molecule has 1 heteroatoms. The molecule has 0 radical (unpaired) electrons. The van der Waals surface area contributed by atoms with Crippen molar-refractivity contribution in [2.24, 2.45) is 22.7 Å². The lowest BCUT2D eigenvalue weighted by molar-refractivity contribution is -0.235. The first-order valence-electron chi connectivity index (χ1n) is 5.47. The van der Waals surface area contributed by atoms with E-state index in [9.17, 15) is 5.11 Å². The average Bonchev–Trinajstić information content (AvgIpc) is 2.40. The van der Waals surface area contributed by atoms with Crippen molar-refractivity contribution in [1.29, 1.82) is 0 Å². The van der Waals surface area contributed by atoms with Gasteiger partial charge >= 0.3 is 0 Å². The van der Waals surface area contributed by atoms with Crippen LogP contribution in [0.25, 0.3) is 0 Å². The number of aliphatic hydroxyl groups excluding tert-OH is 1. The summed E-state index contributed by atoms with van der Waals surface area (Å²) in [5.74, 6) is 1.66. The molecule has 3 unspecified atom stereocenters. The van der Waals surface area contributed by atoms with Gasteiger partial charge in [-0.3, -0.25) is 0 Å². The van der Waals surface area contributed by atoms with Crippen molar-refractivity contribution in [3.63, 3.8) is 0 Å². The zero-order valence-corrected chi connectivity index (χ0v) is 7.42. The van der Waals surface area contributed by atoms with Gasteiger partial charge in [-0.15, -0.1) is 0 Å². The molecule has 0 aliphatic heterocycles. The molecule has 0 amide bonds. The van der Waals surface area contributed by atoms with E-state index in [4.69, 9.17) is 0 Å². The first kappa shape index (κ1) is 6.42. The standard InChI is InChI=1S/C11H16O/c12-9-6-7-5-8(9)11-3-1-10(7,11)2-4-11/h7-9,12H,1-6H2. The van der Waals surface area contributed by atoms with Crippen molar-refractivity contribution in [2.45, 2.75) is 44.6 Å². The van der Waals surface area contributed by atoms with Gasteiger partial charge < -0.3 is 5.11 Å². The fourth-order valence-electron chi connectivity index (χ4n) is 5.40. The predicted octanol–water partition coefficient (Wildman–Crippen LogP) is 1.95. The summed E-state index contributed by atoms with van der Waals surface area (Å²) in [6, 6.07) is 0. The third-order valence-electron chi connectivity index (χ3n) is 6.05. The second-order valence-electron chi connectivity index (χ2n) is 5.65. The Kier molecular flexibility index (Phi) is 0.800. The molecule has 4 saturated carbocycles. The van der Waals surface area contributed by atoms with E-state index >= 15 is 0 Å². The molecule has 2 bridgehead atoms. The van der Waals surface area contributed by atoms with Crippen molar-refractivity contribution in [2.75, 3.05) is 0 Å². The third kappa shape index (κ3) is 0.363. The molecular formula is C11H16O. The number of fused-ring (bicyclic) bond motifs is 2. The monoisotopic (exact) mass is 164 g/mol. The molecule has 4 aliphatic carbocycles. The summed E-state index contributed by atoms with van der Waals surface area (Å²) in [7, 11) is 0. The summed E-state index contributed by atoms with van der Waals surface area (Å²) in [6.07, 6.45) is 8.51. The molecule has 0 heterocycles. The van der Waals surface area contributed by atoms with Gasteiger partial charge in [0.05, 0.1) is 6.10 Å². The summed E-state index contributed by atoms with van der Waals surface area (Å²) in [6.45, 7) is 0. The summed E-state index contributed by atoms with van der Waals surface area (Å²) < 4.78 is 0. The molecule has 12 heavy (non-hydrogen) atoms. The highest BCUT2D eigenvalue weighted by molar-refractivity contribution is 5.27. The fourth-order valence-corrected chi connectivity index (χ4v) is 5.40. The molecule has 66 valence electrons. The third-order valence-corrected chi connectivity index (χ3v) is 6.05. The zero-order valence-electron chi connectivity index (χ0n) is 7.42. The topological polar surface area (TPSA) is 20.2 Å². The highest BCUT2D eigenvalue weighted by Crippen LogP contribution is 2.85. The maximum absolute atomic E-state index is 9.85. The number of hydrogen-bond acceptors (Lipinski definition) is 1. The molecule has 4 aliphatic rings. The lowest BCUT2D eigenvalue weighted by Gasteiger charge is -2.71. The SMILES string of the molecule is OC1CC2CC1C13CCC21CC3. The molecule has 0 spiro atoms. The van der Waals surface area contributed by atoms with Crippen LogP contribution >= 0.6 is 0 Å². The minimum atomic E-state index is 0.0868. The first-order valence-corrected chi connectivity index (χ1v) is 5.47. The summed E-state index contributed by atoms with van der Waals surface area (Å²) in [5.41, 5.74) is 1.48. The van der Waals surface area contributed by atoms with E-state index in [1.165, 1.54) is 32.1 Å². The van der Waals surface area contributed by atoms with E-state index in [0.717, 1.165) is 23.7 Å². The Labute approximate surface area is 73.2 Å². The van der Waals surface area contributed by atoms with Crippen molar-refractivity contribution in [3.8, 4) is 0 Å². The van der Waals surface area contributed by atoms with Crippen LogP contribution in [0.3, 0.4) is 0 Å². The van der Waals surface area contributed by atoms with Gasteiger partial charge in [-0.2, -0.15) is 0 Å². The van der Waals surface area contributed by atoms with Crippen LogP contribution in [0.4, 0.5) is 0 Å². The van der Waals surface area contributed by atoms with Crippen molar-refractivity contribution in [1.82, 2.24) is 0 Å². The van der Waals surface area contributed by atoms with Gasteiger partial charge in [0.25, 0.3) is 0 Å². The van der Waals surface area contributed by atoms with Crippen LogP contribution in [0, 0.1) is 22.7 Å². The van der Waals surface area contributed by atoms with Gasteiger partial charge in [-0.05, 0) is 61.2 Å². The quantitative estimate of drug-likeness (QED) is 0.580. The van der Waals surface area contributed by atoms with E-state index in [1.54, 1.807) is 0 Å². The Morgan fingerprint density at radius 3 is 2.00 bits per heavy atom. The van der Waals surface area contributed by atoms with Gasteiger partial charge in [0.1, 0.15) is 0 Å². The fraction of sp³-hybridized carbons (Fsp3) is 1.00. The van der Waals surface area contributed by atoms with Crippen LogP contribution in [-0.2, 0) is 0 Å². The number of hydrogen-bond donors (Lipinski definition) is 1. The second-order valence-corrected chi connectivity index (χ2v) is 5.65. The van der Waals surface area contributed by atoms with E-state index < -0.39 is 0 Å². The Morgan fingerprint density at radius 1 is 0.917 bits per heavy atom. The van der Waals surface area contributed by atoms with Crippen molar-refractivity contribution < 1.29 is 5.11 Å². The van der Waals surface area contributed by atoms with Crippen LogP contribution in [0.2, 0.25) is 0 Å². The van der Waals surface area contributed by atoms with Crippen LogP contribution < -0.4 is 0 Å². The van der Waals surface area contributed by atoms with Crippen LogP contribution in [-0.4, -0.2) is 11.2 Å². The van der Waals surface area contributed by atoms with Gasteiger partial charge in [0.2, 0.25) is 0 Å². The lowest BCUT2D eigenvalue weighted by atomic mass is 9.33. The molecule has 0 aromatic carbocycles. The molecule has 1 nitrogen and oxygen atoms in total. The molecule has 1 N–H and O–H groups in total. The Bertz CT molecular complexity index is 250. The first-order chi connectivity index (χ1) is 5.79. The molecular weight excluding hydrogens is 148 g/mol. The molecule has 3 atom stereocenters. The van der Waals surface area contributed by atoms with Gasteiger partial charge in [0, 0.05) is 0 Å². The van der Waals surface area contributed by atoms with Crippen molar-refractivity contribution in [3.05, 3.63) is 0 Å². The van der Waals surface area contributed by atoms with Crippen LogP contribution in [0.5, 0.6) is 0 Å². The van der Waals surface area contributed by atoms with Crippen LogP contribution in [0.1, 0.15) is 38.5 Å². The minimum absolute atomic E-state index is 0.0868. The second kappa shape index (κ2) is 1.50. The Balaban J connectivity index is 1.86. The number of rotatable bonds is 0. The summed E-state index contributed by atoms with van der Waals surface area (Å²) in [5, 5.41) is 9.85. The largest absolute Gasteiger partial charge is 0.393 e. The Morgan fingerprint density at radius 2 is 1.58 bits per heavy atom. The molecule has 4 rings (SSSR count). The molecule has 0 saturated heterocycles. The highest BCUT2D eigenvalue weighted by Gasteiger charge is 2.78. The normalized spacial score (nSPS) is 71.2. The van der Waals surface area contributed by atoms with E-state index in [1.807, 2.05) is 0 Å². The smallest absolute Gasteiger partial charge is 0.0576 e. The van der Waals surface area contributed by atoms with E-state index in [-0.39, 0.29) is 6.10 Å². The Hall–Kier alpha value is -0.0400. The molecule has 0 aromatic heterocycles. The van der Waals surface area contributed by atoms with Crippen molar-refractivity contribution >= 4 is 0 Å². The van der Waals surface area contributed by atoms with Gasteiger partial charge in [-0.25, -0.2) is 0 Å². The maximum atomic E-state index is 9.85. The summed E-state index contributed by atoms with van der Waals surface area (Å²) in [4.78, 5) is 0. The lowest BCUT2D eigenvalue weighted by Crippen LogP contribution is -2.64. The maximum Gasteiger partial charge on any atom is 0.0576 e. The van der Waals surface area contributed by atoms with E-state index in [2.05, 4.69) is 0 Å². The van der Waals surface area contributed by atoms with Gasteiger partial charge in [0.15, 0.2) is 0 Å². The van der Waals surface area contributed by atoms with E-state index in [0.29, 0.717) is 5.41 Å². The zero-order chi connectivity index (χ0) is 7.97. The van der Waals surface area contributed by atoms with Crippen LogP contribution in [0.15, 0.2) is 0 Å². The molecule has 0 aromatic rings. The predicted molar refractivity (Wildman–Crippen MR) is 45.6 cm³/mol. The summed E-state index contributed by atoms with van der Waals surface area (Å²) >= 11 is 0.